The SMILES string of the molecule is COc1cc(OC)cc(N2CCC(NC(=O)C(N)c3ccc(C)cc3)C2=O)c1. The molecule has 3 N–H and O–H groups in total. The Morgan fingerprint density at radius 2 is 1.75 bits per heavy atom. The van der Waals surface area contributed by atoms with Gasteiger partial charge in [0.1, 0.15) is 23.6 Å². The van der Waals surface area contributed by atoms with Gasteiger partial charge in [-0.1, -0.05) is 29.8 Å². The highest BCUT2D eigenvalue weighted by molar-refractivity contribution is 6.02. The van der Waals surface area contributed by atoms with E-state index in [0.29, 0.717) is 35.7 Å². The number of nitrogens with one attached hydrogen (secondary N) is 1. The van der Waals surface area contributed by atoms with Crippen molar-refractivity contribution in [2.75, 3.05) is 25.7 Å². The van der Waals surface area contributed by atoms with E-state index >= 15 is 0 Å². The molecule has 1 aliphatic rings. The molecule has 3 rings (SSSR count). The second kappa shape index (κ2) is 8.31. The fourth-order valence-corrected chi connectivity index (χ4v) is 3.21. The average molecular weight is 383 g/mol. The molecule has 0 aliphatic carbocycles. The lowest BCUT2D eigenvalue weighted by Gasteiger charge is -2.20. The predicted molar refractivity (Wildman–Crippen MR) is 107 cm³/mol. The van der Waals surface area contributed by atoms with Crippen LogP contribution < -0.4 is 25.4 Å². The first-order chi connectivity index (χ1) is 13.4. The summed E-state index contributed by atoms with van der Waals surface area (Å²) in [6.45, 7) is 2.45. The van der Waals surface area contributed by atoms with E-state index in [1.807, 2.05) is 31.2 Å². The number of methoxy groups -OCH3 is 2. The summed E-state index contributed by atoms with van der Waals surface area (Å²) in [4.78, 5) is 27.0. The van der Waals surface area contributed by atoms with Gasteiger partial charge >= 0.3 is 0 Å². The van der Waals surface area contributed by atoms with Crippen molar-refractivity contribution in [3.05, 3.63) is 53.6 Å². The molecule has 1 heterocycles. The highest BCUT2D eigenvalue weighted by Gasteiger charge is 2.35. The minimum absolute atomic E-state index is 0.181. The number of nitrogens with zero attached hydrogens (tertiary/aromatic N) is 1. The lowest BCUT2D eigenvalue weighted by atomic mass is 10.0. The third kappa shape index (κ3) is 4.09. The molecule has 0 radical (unpaired) electrons. The fraction of sp³-hybridized carbons (Fsp3) is 0.333. The number of nitrogens with two attached hydrogens (primary N) is 1. The van der Waals surface area contributed by atoms with Crippen molar-refractivity contribution in [2.45, 2.75) is 25.4 Å². The molecule has 2 amide bonds. The molecule has 1 aliphatic heterocycles. The van der Waals surface area contributed by atoms with E-state index in [1.165, 1.54) is 0 Å². The molecule has 1 saturated heterocycles. The smallest absolute Gasteiger partial charge is 0.249 e. The Kier molecular flexibility index (Phi) is 5.84. The summed E-state index contributed by atoms with van der Waals surface area (Å²) in [5.41, 5.74) is 8.53. The highest BCUT2D eigenvalue weighted by Crippen LogP contribution is 2.31. The number of ether oxygens (including phenoxy) is 2. The van der Waals surface area contributed by atoms with Gasteiger partial charge in [-0.3, -0.25) is 9.59 Å². The van der Waals surface area contributed by atoms with Crippen molar-refractivity contribution in [1.82, 2.24) is 5.32 Å². The van der Waals surface area contributed by atoms with Gasteiger partial charge in [0.15, 0.2) is 0 Å². The Morgan fingerprint density at radius 3 is 2.32 bits per heavy atom. The normalized spacial score (nSPS) is 17.4. The van der Waals surface area contributed by atoms with Gasteiger partial charge in [-0.25, -0.2) is 0 Å². The Labute approximate surface area is 164 Å². The second-order valence-corrected chi connectivity index (χ2v) is 6.80. The van der Waals surface area contributed by atoms with Crippen LogP contribution in [0.3, 0.4) is 0 Å². The number of amides is 2. The molecule has 148 valence electrons. The molecule has 7 nitrogen and oxygen atoms in total. The van der Waals surface area contributed by atoms with Gasteiger partial charge < -0.3 is 25.4 Å². The number of carbonyl (C=O) groups is 2. The summed E-state index contributed by atoms with van der Waals surface area (Å²) in [7, 11) is 3.11. The lowest BCUT2D eigenvalue weighted by molar-refractivity contribution is -0.127. The van der Waals surface area contributed by atoms with Crippen LogP contribution in [-0.2, 0) is 9.59 Å². The summed E-state index contributed by atoms with van der Waals surface area (Å²) < 4.78 is 10.5. The van der Waals surface area contributed by atoms with Gasteiger partial charge in [0.05, 0.1) is 19.9 Å². The maximum Gasteiger partial charge on any atom is 0.249 e. The third-order valence-electron chi connectivity index (χ3n) is 4.89. The van der Waals surface area contributed by atoms with Gasteiger partial charge in [-0.2, -0.15) is 0 Å². The number of rotatable bonds is 6. The van der Waals surface area contributed by atoms with Crippen LogP contribution in [0.15, 0.2) is 42.5 Å². The zero-order chi connectivity index (χ0) is 20.3. The van der Waals surface area contributed by atoms with Crippen LogP contribution in [0, 0.1) is 6.92 Å². The van der Waals surface area contributed by atoms with Crippen LogP contribution in [0.5, 0.6) is 11.5 Å². The van der Waals surface area contributed by atoms with Crippen LogP contribution in [0.1, 0.15) is 23.6 Å². The van der Waals surface area contributed by atoms with Gasteiger partial charge in [0.2, 0.25) is 11.8 Å². The summed E-state index contributed by atoms with van der Waals surface area (Å²) in [5.74, 6) is 0.638. The molecule has 2 atom stereocenters. The monoisotopic (exact) mass is 383 g/mol. The molecule has 2 unspecified atom stereocenters. The van der Waals surface area contributed by atoms with E-state index < -0.39 is 12.1 Å². The van der Waals surface area contributed by atoms with Gasteiger partial charge in [-0.15, -0.1) is 0 Å². The Balaban J connectivity index is 1.70. The summed E-state index contributed by atoms with van der Waals surface area (Å²) in [6.07, 6.45) is 0.505. The highest BCUT2D eigenvalue weighted by atomic mass is 16.5. The molecule has 1 fully saturated rings. The molecular weight excluding hydrogens is 358 g/mol. The molecule has 2 aromatic rings. The van der Waals surface area contributed by atoms with Crippen molar-refractivity contribution in [3.8, 4) is 11.5 Å². The number of anilines is 1. The first-order valence-electron chi connectivity index (χ1n) is 9.10. The van der Waals surface area contributed by atoms with Crippen LogP contribution in [0.4, 0.5) is 5.69 Å². The van der Waals surface area contributed by atoms with Crippen LogP contribution in [0.25, 0.3) is 0 Å². The number of aryl methyl sites for hydroxylation is 1. The van der Waals surface area contributed by atoms with Crippen molar-refractivity contribution in [1.29, 1.82) is 0 Å². The minimum Gasteiger partial charge on any atom is -0.497 e. The van der Waals surface area contributed by atoms with Crippen molar-refractivity contribution >= 4 is 17.5 Å². The van der Waals surface area contributed by atoms with Gasteiger partial charge in [-0.05, 0) is 18.9 Å². The summed E-state index contributed by atoms with van der Waals surface area (Å²) >= 11 is 0. The lowest BCUT2D eigenvalue weighted by Crippen LogP contribution is -2.45. The molecule has 2 aromatic carbocycles. The Morgan fingerprint density at radius 1 is 1.14 bits per heavy atom. The Bertz CT molecular complexity index is 844. The van der Waals surface area contributed by atoms with E-state index in [1.54, 1.807) is 37.3 Å². The maximum absolute atomic E-state index is 12.8. The van der Waals surface area contributed by atoms with E-state index in [2.05, 4.69) is 5.32 Å². The Hall–Kier alpha value is -3.06. The molecule has 7 heteroatoms. The third-order valence-corrected chi connectivity index (χ3v) is 4.89. The number of hydrogen-bond acceptors (Lipinski definition) is 5. The number of hydrogen-bond donors (Lipinski definition) is 2. The van der Waals surface area contributed by atoms with E-state index in [9.17, 15) is 9.59 Å². The van der Waals surface area contributed by atoms with Crippen molar-refractivity contribution in [2.24, 2.45) is 5.73 Å². The topological polar surface area (TPSA) is 93.9 Å². The number of carbonyl (C=O) groups excluding carboxylic acids is 2. The van der Waals surface area contributed by atoms with Crippen LogP contribution in [0.2, 0.25) is 0 Å². The molecular formula is C21H25N3O4. The number of benzene rings is 2. The second-order valence-electron chi connectivity index (χ2n) is 6.80. The van der Waals surface area contributed by atoms with E-state index in [-0.39, 0.29) is 11.8 Å². The largest absolute Gasteiger partial charge is 0.497 e. The van der Waals surface area contributed by atoms with E-state index in [0.717, 1.165) is 5.56 Å². The van der Waals surface area contributed by atoms with Gasteiger partial charge in [0.25, 0.3) is 0 Å². The van der Waals surface area contributed by atoms with Crippen LogP contribution in [-0.4, -0.2) is 38.6 Å². The first-order valence-corrected chi connectivity index (χ1v) is 9.10. The average Bonchev–Trinajstić information content (AvgIpc) is 3.07. The predicted octanol–water partition coefficient (Wildman–Crippen LogP) is 1.93. The quantitative estimate of drug-likeness (QED) is 0.795. The standard InChI is InChI=1S/C21H25N3O4/c1-13-4-6-14(7-5-13)19(22)20(25)23-18-8-9-24(21(18)26)15-10-16(27-2)12-17(11-15)28-3/h4-7,10-12,18-19H,8-9,22H2,1-3H3,(H,23,25). The molecule has 0 saturated carbocycles. The van der Waals surface area contributed by atoms with Crippen LogP contribution >= 0.6 is 0 Å². The zero-order valence-electron chi connectivity index (χ0n) is 16.3. The first kappa shape index (κ1) is 19.7. The molecule has 0 aromatic heterocycles. The zero-order valence-corrected chi connectivity index (χ0v) is 16.3. The van der Waals surface area contributed by atoms with E-state index in [4.69, 9.17) is 15.2 Å². The summed E-state index contributed by atoms with van der Waals surface area (Å²) in [6, 6.07) is 11.3. The molecule has 28 heavy (non-hydrogen) atoms. The maximum atomic E-state index is 12.8. The van der Waals surface area contributed by atoms with Crippen molar-refractivity contribution in [3.63, 3.8) is 0 Å². The fourth-order valence-electron chi connectivity index (χ4n) is 3.21. The minimum atomic E-state index is -0.820. The van der Waals surface area contributed by atoms with Gasteiger partial charge in [0, 0.05) is 24.7 Å². The van der Waals surface area contributed by atoms with Crippen molar-refractivity contribution < 1.29 is 19.1 Å². The summed E-state index contributed by atoms with van der Waals surface area (Å²) in [5, 5.41) is 2.78. The molecule has 0 bridgehead atoms. The molecule has 0 spiro atoms.